The Kier molecular flexibility index (Phi) is 3.44. The molecule has 0 aliphatic carbocycles. The van der Waals surface area contributed by atoms with E-state index in [0.717, 1.165) is 31.3 Å². The summed E-state index contributed by atoms with van der Waals surface area (Å²) >= 11 is 0. The van der Waals surface area contributed by atoms with Crippen molar-refractivity contribution in [1.82, 2.24) is 4.90 Å². The average molecular weight is 208 g/mol. The van der Waals surface area contributed by atoms with Gasteiger partial charge in [0.1, 0.15) is 5.76 Å². The second kappa shape index (κ2) is 4.81. The smallest absolute Gasteiger partial charge is 0.120 e. The molecule has 0 saturated carbocycles. The summed E-state index contributed by atoms with van der Waals surface area (Å²) in [7, 11) is 0. The minimum Gasteiger partial charge on any atom is -0.468 e. The fourth-order valence-electron chi connectivity index (χ4n) is 2.28. The maximum absolute atomic E-state index is 5.68. The molecule has 15 heavy (non-hydrogen) atoms. The van der Waals surface area contributed by atoms with Gasteiger partial charge in [0.05, 0.1) is 12.3 Å². The molecule has 0 bridgehead atoms. The lowest BCUT2D eigenvalue weighted by atomic mass is 9.96. The summed E-state index contributed by atoms with van der Waals surface area (Å²) in [6.07, 6.45) is 4.20. The molecule has 84 valence electrons. The SMILES string of the molecule is C[C@@H](c1ccco1)N1CCC(CN)CC1. The van der Waals surface area contributed by atoms with Crippen molar-refractivity contribution in [2.45, 2.75) is 25.8 Å². The van der Waals surface area contributed by atoms with Gasteiger partial charge in [-0.05, 0) is 57.5 Å². The van der Waals surface area contributed by atoms with Crippen molar-refractivity contribution >= 4 is 0 Å². The predicted octanol–water partition coefficient (Wildman–Crippen LogP) is 2.01. The lowest BCUT2D eigenvalue weighted by Gasteiger charge is -2.34. The van der Waals surface area contributed by atoms with Crippen molar-refractivity contribution in [2.75, 3.05) is 19.6 Å². The number of likely N-dealkylation sites (tertiary alicyclic amines) is 1. The Balaban J connectivity index is 1.90. The molecule has 1 atom stereocenters. The molecule has 2 N–H and O–H groups in total. The number of nitrogens with zero attached hydrogens (tertiary/aromatic N) is 1. The molecule has 1 saturated heterocycles. The minimum atomic E-state index is 0.402. The highest BCUT2D eigenvalue weighted by Crippen LogP contribution is 2.26. The van der Waals surface area contributed by atoms with Gasteiger partial charge in [0.2, 0.25) is 0 Å². The molecule has 0 unspecified atom stereocenters. The van der Waals surface area contributed by atoms with Crippen LogP contribution in [0.1, 0.15) is 31.6 Å². The lowest BCUT2D eigenvalue weighted by Crippen LogP contribution is -2.37. The van der Waals surface area contributed by atoms with Gasteiger partial charge in [-0.3, -0.25) is 4.90 Å². The molecule has 0 radical (unpaired) electrons. The Bertz CT molecular complexity index is 276. The van der Waals surface area contributed by atoms with Gasteiger partial charge in [0.15, 0.2) is 0 Å². The Hall–Kier alpha value is -0.800. The van der Waals surface area contributed by atoms with E-state index in [1.54, 1.807) is 6.26 Å². The third-order valence-corrected chi connectivity index (χ3v) is 3.49. The number of piperidine rings is 1. The van der Waals surface area contributed by atoms with Gasteiger partial charge in [-0.2, -0.15) is 0 Å². The number of hydrogen-bond donors (Lipinski definition) is 1. The summed E-state index contributed by atoms with van der Waals surface area (Å²) in [5.74, 6) is 1.80. The lowest BCUT2D eigenvalue weighted by molar-refractivity contribution is 0.130. The molecular weight excluding hydrogens is 188 g/mol. The van der Waals surface area contributed by atoms with Crippen molar-refractivity contribution in [3.05, 3.63) is 24.2 Å². The van der Waals surface area contributed by atoms with E-state index in [2.05, 4.69) is 17.9 Å². The minimum absolute atomic E-state index is 0.402. The summed E-state index contributed by atoms with van der Waals surface area (Å²) in [6.45, 7) is 5.33. The molecule has 2 rings (SSSR count). The zero-order valence-corrected chi connectivity index (χ0v) is 9.36. The van der Waals surface area contributed by atoms with Crippen molar-refractivity contribution in [2.24, 2.45) is 11.7 Å². The summed E-state index contributed by atoms with van der Waals surface area (Å²) in [6, 6.07) is 4.41. The van der Waals surface area contributed by atoms with E-state index in [0.29, 0.717) is 6.04 Å². The highest BCUT2D eigenvalue weighted by Gasteiger charge is 2.23. The van der Waals surface area contributed by atoms with Crippen molar-refractivity contribution in [3.63, 3.8) is 0 Å². The monoisotopic (exact) mass is 208 g/mol. The Labute approximate surface area is 91.2 Å². The first-order valence-electron chi connectivity index (χ1n) is 5.78. The first kappa shape index (κ1) is 10.7. The third kappa shape index (κ3) is 2.41. The van der Waals surface area contributed by atoms with Crippen LogP contribution in [0.15, 0.2) is 22.8 Å². The quantitative estimate of drug-likeness (QED) is 0.826. The van der Waals surface area contributed by atoms with Crippen LogP contribution in [0.3, 0.4) is 0 Å². The van der Waals surface area contributed by atoms with Gasteiger partial charge < -0.3 is 10.2 Å². The van der Waals surface area contributed by atoms with Crippen LogP contribution in [0.5, 0.6) is 0 Å². The van der Waals surface area contributed by atoms with Crippen LogP contribution in [-0.4, -0.2) is 24.5 Å². The molecule has 1 fully saturated rings. The van der Waals surface area contributed by atoms with Gasteiger partial charge in [0, 0.05) is 0 Å². The largest absolute Gasteiger partial charge is 0.468 e. The maximum atomic E-state index is 5.68. The van der Waals surface area contributed by atoms with Gasteiger partial charge in [-0.25, -0.2) is 0 Å². The van der Waals surface area contributed by atoms with Crippen molar-refractivity contribution in [1.29, 1.82) is 0 Å². The van der Waals surface area contributed by atoms with Crippen LogP contribution in [0, 0.1) is 5.92 Å². The van der Waals surface area contributed by atoms with Crippen LogP contribution in [0.4, 0.5) is 0 Å². The second-order valence-corrected chi connectivity index (χ2v) is 4.41. The molecule has 1 aliphatic heterocycles. The molecule has 0 amide bonds. The highest BCUT2D eigenvalue weighted by molar-refractivity contribution is 5.03. The van der Waals surface area contributed by atoms with Crippen LogP contribution >= 0.6 is 0 Å². The first-order chi connectivity index (χ1) is 7.31. The summed E-state index contributed by atoms with van der Waals surface area (Å²) in [4.78, 5) is 2.48. The Morgan fingerprint density at radius 2 is 2.27 bits per heavy atom. The van der Waals surface area contributed by atoms with Crippen LogP contribution in [0.25, 0.3) is 0 Å². The highest BCUT2D eigenvalue weighted by atomic mass is 16.3. The molecule has 3 nitrogen and oxygen atoms in total. The summed E-state index contributed by atoms with van der Waals surface area (Å²) in [5, 5.41) is 0. The Morgan fingerprint density at radius 3 is 2.80 bits per heavy atom. The third-order valence-electron chi connectivity index (χ3n) is 3.49. The van der Waals surface area contributed by atoms with E-state index in [9.17, 15) is 0 Å². The molecule has 1 aromatic heterocycles. The zero-order chi connectivity index (χ0) is 10.7. The van der Waals surface area contributed by atoms with Crippen molar-refractivity contribution < 1.29 is 4.42 Å². The van der Waals surface area contributed by atoms with Gasteiger partial charge in [0.25, 0.3) is 0 Å². The van der Waals surface area contributed by atoms with E-state index >= 15 is 0 Å². The van der Waals surface area contributed by atoms with E-state index in [1.807, 2.05) is 6.07 Å². The standard InChI is InChI=1S/C12H20N2O/c1-10(12-3-2-8-15-12)14-6-4-11(9-13)5-7-14/h2-3,8,10-11H,4-7,9,13H2,1H3/t10-/m0/s1. The zero-order valence-electron chi connectivity index (χ0n) is 9.36. The van der Waals surface area contributed by atoms with Gasteiger partial charge >= 0.3 is 0 Å². The number of hydrogen-bond acceptors (Lipinski definition) is 3. The number of nitrogens with two attached hydrogens (primary N) is 1. The topological polar surface area (TPSA) is 42.4 Å². The molecule has 2 heterocycles. The molecule has 0 spiro atoms. The summed E-state index contributed by atoms with van der Waals surface area (Å²) < 4.78 is 5.44. The van der Waals surface area contributed by atoms with E-state index in [1.165, 1.54) is 12.8 Å². The molecule has 0 aromatic carbocycles. The number of rotatable bonds is 3. The average Bonchev–Trinajstić information content (AvgIpc) is 2.82. The fraction of sp³-hybridized carbons (Fsp3) is 0.667. The van der Waals surface area contributed by atoms with Gasteiger partial charge in [-0.15, -0.1) is 0 Å². The fourth-order valence-corrected chi connectivity index (χ4v) is 2.28. The van der Waals surface area contributed by atoms with Crippen LogP contribution in [-0.2, 0) is 0 Å². The molecule has 3 heteroatoms. The normalized spacial score (nSPS) is 21.7. The van der Waals surface area contributed by atoms with Crippen LogP contribution in [0.2, 0.25) is 0 Å². The Morgan fingerprint density at radius 1 is 1.53 bits per heavy atom. The van der Waals surface area contributed by atoms with E-state index in [-0.39, 0.29) is 0 Å². The second-order valence-electron chi connectivity index (χ2n) is 4.41. The molecule has 1 aliphatic rings. The molecule has 1 aromatic rings. The van der Waals surface area contributed by atoms with E-state index < -0.39 is 0 Å². The van der Waals surface area contributed by atoms with E-state index in [4.69, 9.17) is 10.2 Å². The first-order valence-corrected chi connectivity index (χ1v) is 5.78. The molecular formula is C12H20N2O. The maximum Gasteiger partial charge on any atom is 0.120 e. The van der Waals surface area contributed by atoms with Crippen LogP contribution < -0.4 is 5.73 Å². The number of furan rings is 1. The van der Waals surface area contributed by atoms with Gasteiger partial charge in [-0.1, -0.05) is 0 Å². The van der Waals surface area contributed by atoms with Crippen molar-refractivity contribution in [3.8, 4) is 0 Å². The summed E-state index contributed by atoms with van der Waals surface area (Å²) in [5.41, 5.74) is 5.68. The predicted molar refractivity (Wildman–Crippen MR) is 60.5 cm³/mol.